The summed E-state index contributed by atoms with van der Waals surface area (Å²) in [5.74, 6) is 0.716. The highest BCUT2D eigenvalue weighted by molar-refractivity contribution is 5.99. The lowest BCUT2D eigenvalue weighted by Crippen LogP contribution is -2.14. The molecule has 0 saturated heterocycles. The van der Waals surface area contributed by atoms with Crippen LogP contribution in [0, 0.1) is 0 Å². The number of rotatable bonds is 5. The molecule has 0 amide bonds. The predicted octanol–water partition coefficient (Wildman–Crippen LogP) is 12.3. The van der Waals surface area contributed by atoms with Crippen LogP contribution < -0.4 is 0 Å². The Morgan fingerprint density at radius 1 is 0.367 bits per heavy atom. The summed E-state index contributed by atoms with van der Waals surface area (Å²) >= 11 is 0. The molecule has 2 nitrogen and oxygen atoms in total. The molecule has 1 heterocycles. The molecule has 0 aliphatic heterocycles. The second kappa shape index (κ2) is 11.5. The van der Waals surface area contributed by atoms with Crippen molar-refractivity contribution in [1.29, 1.82) is 0 Å². The highest BCUT2D eigenvalue weighted by atomic mass is 14.9. The van der Waals surface area contributed by atoms with Gasteiger partial charge in [0.25, 0.3) is 0 Å². The first kappa shape index (κ1) is 29.1. The molecule has 8 aromatic rings. The van der Waals surface area contributed by atoms with Crippen LogP contribution >= 0.6 is 0 Å². The van der Waals surface area contributed by atoms with Gasteiger partial charge in [-0.1, -0.05) is 159 Å². The van der Waals surface area contributed by atoms with Gasteiger partial charge in [0.2, 0.25) is 0 Å². The van der Waals surface area contributed by atoms with E-state index in [2.05, 4.69) is 178 Å². The molecule has 0 unspecified atom stereocenters. The van der Waals surface area contributed by atoms with Gasteiger partial charge in [-0.2, -0.15) is 0 Å². The van der Waals surface area contributed by atoms with Crippen molar-refractivity contribution in [2.45, 2.75) is 19.3 Å². The van der Waals surface area contributed by atoms with E-state index in [1.165, 1.54) is 44.2 Å². The molecule has 0 spiro atoms. The average Bonchev–Trinajstić information content (AvgIpc) is 3.39. The van der Waals surface area contributed by atoms with Crippen LogP contribution in [0.2, 0.25) is 0 Å². The summed E-state index contributed by atoms with van der Waals surface area (Å²) in [5, 5.41) is 2.52. The van der Waals surface area contributed by atoms with E-state index < -0.39 is 0 Å². The summed E-state index contributed by atoms with van der Waals surface area (Å²) in [4.78, 5) is 10.6. The van der Waals surface area contributed by atoms with Crippen molar-refractivity contribution in [3.8, 4) is 67.3 Å². The monoisotopic (exact) mass is 626 g/mol. The highest BCUT2D eigenvalue weighted by Crippen LogP contribution is 2.53. The van der Waals surface area contributed by atoms with Crippen LogP contribution in [0.1, 0.15) is 25.0 Å². The maximum absolute atomic E-state index is 5.32. The first-order valence-corrected chi connectivity index (χ1v) is 16.9. The minimum Gasteiger partial charge on any atom is -0.228 e. The second-order valence-corrected chi connectivity index (χ2v) is 13.4. The molecule has 1 aliphatic rings. The van der Waals surface area contributed by atoms with Crippen LogP contribution in [0.3, 0.4) is 0 Å². The minimum absolute atomic E-state index is 0.142. The maximum Gasteiger partial charge on any atom is 0.160 e. The molecule has 2 heteroatoms. The Balaban J connectivity index is 1.30. The van der Waals surface area contributed by atoms with Crippen molar-refractivity contribution in [1.82, 2.24) is 9.97 Å². The van der Waals surface area contributed by atoms with Gasteiger partial charge in [0.15, 0.2) is 5.82 Å². The Hall–Kier alpha value is -6.12. The summed E-state index contributed by atoms with van der Waals surface area (Å²) in [5.41, 5.74) is 14.8. The SMILES string of the molecule is CC1(C)c2cc3ccccc3cc2-c2c(-c3cc(-c4ccc(-c5ccccc5)cc4-c4ccccc4)nc(-c4ccccc4)n3)cccc21. The third-order valence-corrected chi connectivity index (χ3v) is 10.1. The quantitative estimate of drug-likeness (QED) is 0.190. The highest BCUT2D eigenvalue weighted by Gasteiger charge is 2.37. The molecular weight excluding hydrogens is 593 g/mol. The van der Waals surface area contributed by atoms with Crippen LogP contribution in [0.4, 0.5) is 0 Å². The lowest BCUT2D eigenvalue weighted by molar-refractivity contribution is 0.661. The van der Waals surface area contributed by atoms with Crippen molar-refractivity contribution in [3.05, 3.63) is 181 Å². The van der Waals surface area contributed by atoms with Crippen LogP contribution in [0.5, 0.6) is 0 Å². The van der Waals surface area contributed by atoms with Crippen LogP contribution in [0.15, 0.2) is 170 Å². The van der Waals surface area contributed by atoms with E-state index in [4.69, 9.17) is 9.97 Å². The number of fused-ring (bicyclic) bond motifs is 4. The average molecular weight is 627 g/mol. The molecule has 0 saturated carbocycles. The molecule has 0 atom stereocenters. The molecule has 7 aromatic carbocycles. The van der Waals surface area contributed by atoms with E-state index in [-0.39, 0.29) is 5.41 Å². The van der Waals surface area contributed by atoms with E-state index in [0.717, 1.165) is 39.2 Å². The fourth-order valence-electron chi connectivity index (χ4n) is 7.56. The van der Waals surface area contributed by atoms with Gasteiger partial charge in [-0.05, 0) is 79.5 Å². The van der Waals surface area contributed by atoms with Crippen LogP contribution in [-0.4, -0.2) is 9.97 Å². The van der Waals surface area contributed by atoms with Crippen molar-refractivity contribution >= 4 is 10.8 Å². The molecule has 0 fully saturated rings. The van der Waals surface area contributed by atoms with Gasteiger partial charge in [0.1, 0.15) is 0 Å². The summed E-state index contributed by atoms with van der Waals surface area (Å²) in [6.45, 7) is 4.69. The zero-order valence-electron chi connectivity index (χ0n) is 27.6. The summed E-state index contributed by atoms with van der Waals surface area (Å²) < 4.78 is 0. The third-order valence-electron chi connectivity index (χ3n) is 10.1. The van der Waals surface area contributed by atoms with Crippen molar-refractivity contribution in [3.63, 3.8) is 0 Å². The standard InChI is InChI=1S/C47H34N2/c1-47(2)41-24-14-23-38(45(41)40-28-34-21-12-13-22-35(34)29-42(40)47)44-30-43(48-46(49-44)33-19-10-5-11-20-33)37-26-25-36(31-15-6-3-7-16-31)27-39(37)32-17-8-4-9-18-32/h3-30H,1-2H3. The number of hydrogen-bond acceptors (Lipinski definition) is 2. The molecule has 0 N–H and O–H groups in total. The lowest BCUT2D eigenvalue weighted by Gasteiger charge is -2.22. The first-order chi connectivity index (χ1) is 24.0. The number of aromatic nitrogens is 2. The lowest BCUT2D eigenvalue weighted by atomic mass is 9.81. The van der Waals surface area contributed by atoms with Crippen molar-refractivity contribution in [2.24, 2.45) is 0 Å². The summed E-state index contributed by atoms with van der Waals surface area (Å²) in [6.07, 6.45) is 0. The van der Waals surface area contributed by atoms with Gasteiger partial charge >= 0.3 is 0 Å². The minimum atomic E-state index is -0.142. The van der Waals surface area contributed by atoms with Gasteiger partial charge in [-0.3, -0.25) is 0 Å². The van der Waals surface area contributed by atoms with E-state index in [0.29, 0.717) is 5.82 Å². The smallest absolute Gasteiger partial charge is 0.160 e. The van der Waals surface area contributed by atoms with Crippen LogP contribution in [0.25, 0.3) is 78.1 Å². The van der Waals surface area contributed by atoms with Gasteiger partial charge in [0, 0.05) is 22.1 Å². The molecule has 49 heavy (non-hydrogen) atoms. The predicted molar refractivity (Wildman–Crippen MR) is 204 cm³/mol. The van der Waals surface area contributed by atoms with Gasteiger partial charge in [-0.15, -0.1) is 0 Å². The summed E-state index contributed by atoms with van der Waals surface area (Å²) in [7, 11) is 0. The Kier molecular flexibility index (Phi) is 6.84. The van der Waals surface area contributed by atoms with Crippen molar-refractivity contribution < 1.29 is 0 Å². The van der Waals surface area contributed by atoms with E-state index in [1.54, 1.807) is 0 Å². The normalized spacial score (nSPS) is 12.9. The molecule has 1 aromatic heterocycles. The zero-order valence-corrected chi connectivity index (χ0v) is 27.6. The molecule has 1 aliphatic carbocycles. The first-order valence-electron chi connectivity index (χ1n) is 16.9. The van der Waals surface area contributed by atoms with E-state index >= 15 is 0 Å². The van der Waals surface area contributed by atoms with Gasteiger partial charge in [-0.25, -0.2) is 9.97 Å². The van der Waals surface area contributed by atoms with Gasteiger partial charge < -0.3 is 0 Å². The Labute approximate surface area is 287 Å². The topological polar surface area (TPSA) is 25.8 Å². The number of nitrogens with zero attached hydrogens (tertiary/aromatic N) is 2. The fourth-order valence-corrected chi connectivity index (χ4v) is 7.56. The molecule has 9 rings (SSSR count). The van der Waals surface area contributed by atoms with E-state index in [1.807, 2.05) is 6.07 Å². The van der Waals surface area contributed by atoms with Gasteiger partial charge in [0.05, 0.1) is 11.4 Å². The molecule has 232 valence electrons. The Bertz CT molecular complexity index is 2500. The Morgan fingerprint density at radius 3 is 1.65 bits per heavy atom. The molecule has 0 radical (unpaired) electrons. The fraction of sp³-hybridized carbons (Fsp3) is 0.0638. The molecular formula is C47H34N2. The number of benzene rings is 7. The summed E-state index contributed by atoms with van der Waals surface area (Å²) in [6, 6.07) is 60.6. The van der Waals surface area contributed by atoms with Crippen molar-refractivity contribution in [2.75, 3.05) is 0 Å². The van der Waals surface area contributed by atoms with E-state index in [9.17, 15) is 0 Å². The maximum atomic E-state index is 5.32. The van der Waals surface area contributed by atoms with Crippen LogP contribution in [-0.2, 0) is 5.41 Å². The second-order valence-electron chi connectivity index (χ2n) is 13.4. The largest absolute Gasteiger partial charge is 0.228 e. The zero-order chi connectivity index (χ0) is 33.0. The number of hydrogen-bond donors (Lipinski definition) is 0. The third kappa shape index (κ3) is 4.96. The Morgan fingerprint density at radius 2 is 0.959 bits per heavy atom. The molecule has 0 bridgehead atoms.